The van der Waals surface area contributed by atoms with Gasteiger partial charge in [-0.05, 0) is 31.5 Å². The molecular formula is C16H13F3N4OS. The number of hydrogen-bond acceptors (Lipinski definition) is 4. The van der Waals surface area contributed by atoms with Crippen molar-refractivity contribution in [3.63, 3.8) is 0 Å². The topological polar surface area (TPSA) is 51.0 Å². The summed E-state index contributed by atoms with van der Waals surface area (Å²) in [5, 5.41) is 3.96. The Kier molecular flexibility index (Phi) is 3.57. The number of rotatable bonds is 1. The monoisotopic (exact) mass is 366 g/mol. The van der Waals surface area contributed by atoms with Gasteiger partial charge in [0.05, 0.1) is 21.4 Å². The Morgan fingerprint density at radius 1 is 1.32 bits per heavy atom. The molecule has 3 aromatic rings. The molecule has 1 aliphatic rings. The molecule has 1 amide bonds. The normalized spacial score (nSPS) is 17.8. The minimum absolute atomic E-state index is 0.00509. The number of aryl methyl sites for hydroxylation is 1. The molecule has 0 aliphatic carbocycles. The first-order chi connectivity index (χ1) is 11.8. The van der Waals surface area contributed by atoms with Crippen LogP contribution in [-0.4, -0.2) is 33.4 Å². The van der Waals surface area contributed by atoms with Crippen molar-refractivity contribution >= 4 is 33.3 Å². The summed E-state index contributed by atoms with van der Waals surface area (Å²) in [5.74, 6) is -0.155. The number of anilines is 1. The molecular weight excluding hydrogens is 353 g/mol. The van der Waals surface area contributed by atoms with Gasteiger partial charge in [-0.3, -0.25) is 9.69 Å². The molecule has 5 nitrogen and oxygen atoms in total. The SMILES string of the molecule is Cc1cc2n(n1)C(C(F)(F)F)CCN2C(=O)c1ccc2ncsc2c1. The maximum absolute atomic E-state index is 13.2. The zero-order valence-electron chi connectivity index (χ0n) is 13.1. The van der Waals surface area contributed by atoms with E-state index in [9.17, 15) is 18.0 Å². The Morgan fingerprint density at radius 3 is 2.88 bits per heavy atom. The fourth-order valence-electron chi connectivity index (χ4n) is 3.07. The second-order valence-corrected chi connectivity index (χ2v) is 6.81. The fourth-order valence-corrected chi connectivity index (χ4v) is 3.79. The molecule has 0 N–H and O–H groups in total. The lowest BCUT2D eigenvalue weighted by Crippen LogP contribution is -2.43. The van der Waals surface area contributed by atoms with Crippen LogP contribution < -0.4 is 4.90 Å². The van der Waals surface area contributed by atoms with E-state index in [2.05, 4.69) is 10.1 Å². The van der Waals surface area contributed by atoms with Gasteiger partial charge in [0.2, 0.25) is 0 Å². The molecule has 1 aromatic carbocycles. The van der Waals surface area contributed by atoms with E-state index in [1.807, 2.05) is 0 Å². The number of thiazole rings is 1. The minimum atomic E-state index is -4.40. The van der Waals surface area contributed by atoms with Crippen molar-refractivity contribution < 1.29 is 18.0 Å². The van der Waals surface area contributed by atoms with Gasteiger partial charge in [-0.25, -0.2) is 9.67 Å². The van der Waals surface area contributed by atoms with Crippen molar-refractivity contribution in [3.05, 3.63) is 41.0 Å². The van der Waals surface area contributed by atoms with Gasteiger partial charge in [0.25, 0.3) is 5.91 Å². The lowest BCUT2D eigenvalue weighted by Gasteiger charge is -2.33. The Bertz CT molecular complexity index is 962. The molecule has 1 aliphatic heterocycles. The fraction of sp³-hybridized carbons (Fsp3) is 0.312. The third kappa shape index (κ3) is 2.68. The van der Waals surface area contributed by atoms with Crippen molar-refractivity contribution in [1.82, 2.24) is 14.8 Å². The summed E-state index contributed by atoms with van der Waals surface area (Å²) in [6, 6.07) is 4.92. The van der Waals surface area contributed by atoms with Gasteiger partial charge in [0.1, 0.15) is 5.82 Å². The van der Waals surface area contributed by atoms with Crippen LogP contribution >= 0.6 is 11.3 Å². The summed E-state index contributed by atoms with van der Waals surface area (Å²) in [6.45, 7) is 1.61. The van der Waals surface area contributed by atoms with Gasteiger partial charge >= 0.3 is 6.18 Å². The molecule has 130 valence electrons. The molecule has 0 bridgehead atoms. The van der Waals surface area contributed by atoms with E-state index in [0.717, 1.165) is 14.9 Å². The van der Waals surface area contributed by atoms with E-state index in [-0.39, 0.29) is 24.7 Å². The highest BCUT2D eigenvalue weighted by Crippen LogP contribution is 2.40. The van der Waals surface area contributed by atoms with Gasteiger partial charge < -0.3 is 0 Å². The van der Waals surface area contributed by atoms with Gasteiger partial charge in [-0.2, -0.15) is 18.3 Å². The van der Waals surface area contributed by atoms with Crippen LogP contribution in [0.5, 0.6) is 0 Å². The number of halogens is 3. The summed E-state index contributed by atoms with van der Waals surface area (Å²) in [6.07, 6.45) is -4.62. The number of carbonyl (C=O) groups excluding carboxylic acids is 1. The lowest BCUT2D eigenvalue weighted by atomic mass is 10.1. The van der Waals surface area contributed by atoms with Crippen LogP contribution in [0.3, 0.4) is 0 Å². The molecule has 2 aromatic heterocycles. The quantitative estimate of drug-likeness (QED) is 0.655. The largest absolute Gasteiger partial charge is 0.410 e. The molecule has 0 saturated carbocycles. The summed E-state index contributed by atoms with van der Waals surface area (Å²) in [4.78, 5) is 18.4. The van der Waals surface area contributed by atoms with E-state index >= 15 is 0 Å². The van der Waals surface area contributed by atoms with Crippen LogP contribution in [0, 0.1) is 6.92 Å². The first-order valence-corrected chi connectivity index (χ1v) is 8.50. The van der Waals surface area contributed by atoms with Crippen LogP contribution in [0.4, 0.5) is 19.0 Å². The van der Waals surface area contributed by atoms with E-state index in [4.69, 9.17) is 0 Å². The second-order valence-electron chi connectivity index (χ2n) is 5.93. The molecule has 0 radical (unpaired) electrons. The number of nitrogens with zero attached hydrogens (tertiary/aromatic N) is 4. The smallest absolute Gasteiger partial charge is 0.293 e. The van der Waals surface area contributed by atoms with Crippen molar-refractivity contribution in [2.45, 2.75) is 25.6 Å². The summed E-state index contributed by atoms with van der Waals surface area (Å²) < 4.78 is 41.5. The Morgan fingerprint density at radius 2 is 2.12 bits per heavy atom. The zero-order chi connectivity index (χ0) is 17.8. The predicted molar refractivity (Wildman–Crippen MR) is 88.0 cm³/mol. The van der Waals surface area contributed by atoms with Gasteiger partial charge in [-0.1, -0.05) is 0 Å². The number of fused-ring (bicyclic) bond motifs is 2. The Hall–Kier alpha value is -2.42. The highest BCUT2D eigenvalue weighted by molar-refractivity contribution is 7.16. The Balaban J connectivity index is 1.73. The molecule has 25 heavy (non-hydrogen) atoms. The van der Waals surface area contributed by atoms with E-state index in [1.165, 1.54) is 22.3 Å². The third-order valence-electron chi connectivity index (χ3n) is 4.24. The molecule has 9 heteroatoms. The van der Waals surface area contributed by atoms with Crippen LogP contribution in [-0.2, 0) is 0 Å². The number of alkyl halides is 3. The van der Waals surface area contributed by atoms with E-state index in [0.29, 0.717) is 11.3 Å². The molecule has 1 atom stereocenters. The number of amides is 1. The zero-order valence-corrected chi connectivity index (χ0v) is 13.9. The first-order valence-electron chi connectivity index (χ1n) is 7.62. The number of benzene rings is 1. The van der Waals surface area contributed by atoms with Crippen LogP contribution in [0.25, 0.3) is 10.2 Å². The van der Waals surface area contributed by atoms with Crippen molar-refractivity contribution in [2.24, 2.45) is 0 Å². The van der Waals surface area contributed by atoms with E-state index in [1.54, 1.807) is 30.6 Å². The molecule has 3 heterocycles. The summed E-state index contributed by atoms with van der Waals surface area (Å²) in [7, 11) is 0. The van der Waals surface area contributed by atoms with Crippen molar-refractivity contribution in [3.8, 4) is 0 Å². The molecule has 0 fully saturated rings. The number of hydrogen-bond donors (Lipinski definition) is 0. The second kappa shape index (κ2) is 5.55. The van der Waals surface area contributed by atoms with Crippen molar-refractivity contribution in [2.75, 3.05) is 11.4 Å². The summed E-state index contributed by atoms with van der Waals surface area (Å²) in [5.41, 5.74) is 3.35. The van der Waals surface area contributed by atoms with Crippen molar-refractivity contribution in [1.29, 1.82) is 0 Å². The van der Waals surface area contributed by atoms with E-state index < -0.39 is 12.2 Å². The molecule has 0 saturated heterocycles. The maximum Gasteiger partial charge on any atom is 0.410 e. The van der Waals surface area contributed by atoms with Crippen LogP contribution in [0.2, 0.25) is 0 Å². The highest BCUT2D eigenvalue weighted by atomic mass is 32.1. The van der Waals surface area contributed by atoms with Crippen LogP contribution in [0.15, 0.2) is 29.8 Å². The average Bonchev–Trinajstić information content (AvgIpc) is 3.16. The number of aromatic nitrogens is 3. The molecule has 0 spiro atoms. The Labute approximate surface area is 144 Å². The molecule has 4 rings (SSSR count). The average molecular weight is 366 g/mol. The van der Waals surface area contributed by atoms with Gasteiger partial charge in [0.15, 0.2) is 6.04 Å². The minimum Gasteiger partial charge on any atom is -0.293 e. The predicted octanol–water partition coefficient (Wildman–Crippen LogP) is 3.96. The molecule has 1 unspecified atom stereocenters. The van der Waals surface area contributed by atoms with Crippen LogP contribution in [0.1, 0.15) is 28.5 Å². The first kappa shape index (κ1) is 16.1. The third-order valence-corrected chi connectivity index (χ3v) is 5.03. The van der Waals surface area contributed by atoms with Gasteiger partial charge in [-0.15, -0.1) is 11.3 Å². The highest BCUT2D eigenvalue weighted by Gasteiger charge is 2.46. The number of carbonyl (C=O) groups is 1. The standard InChI is InChI=1S/C16H13F3N4OS/c1-9-6-14-22(5-4-13(16(17,18)19)23(14)21-9)15(24)10-2-3-11-12(7-10)25-8-20-11/h2-3,6-8,13H,4-5H2,1H3. The summed E-state index contributed by atoms with van der Waals surface area (Å²) >= 11 is 1.41. The van der Waals surface area contributed by atoms with Gasteiger partial charge in [0, 0.05) is 18.2 Å². The lowest BCUT2D eigenvalue weighted by molar-refractivity contribution is -0.172. The maximum atomic E-state index is 13.2.